The van der Waals surface area contributed by atoms with Crippen LogP contribution < -0.4 is 4.90 Å². The SMILES string of the molecule is CCCCCCCCN1CCC/C(=N/O)c2ccccc21. The van der Waals surface area contributed by atoms with Crippen LogP contribution in [0.15, 0.2) is 29.4 Å². The minimum Gasteiger partial charge on any atom is -0.411 e. The molecule has 0 atom stereocenters. The summed E-state index contributed by atoms with van der Waals surface area (Å²) in [6.07, 6.45) is 9.89. The lowest BCUT2D eigenvalue weighted by Crippen LogP contribution is -2.25. The fraction of sp³-hybridized carbons (Fsp3) is 0.611. The minimum absolute atomic E-state index is 0.830. The zero-order valence-corrected chi connectivity index (χ0v) is 13.2. The van der Waals surface area contributed by atoms with Crippen molar-refractivity contribution in [2.45, 2.75) is 58.3 Å². The van der Waals surface area contributed by atoms with Gasteiger partial charge in [-0.25, -0.2) is 0 Å². The minimum atomic E-state index is 0.830. The van der Waals surface area contributed by atoms with Crippen LogP contribution in [0.25, 0.3) is 0 Å². The summed E-state index contributed by atoms with van der Waals surface area (Å²) in [7, 11) is 0. The van der Waals surface area contributed by atoms with Gasteiger partial charge in [0.15, 0.2) is 0 Å². The number of para-hydroxylation sites is 1. The number of anilines is 1. The Balaban J connectivity index is 1.93. The highest BCUT2D eigenvalue weighted by molar-refractivity contribution is 6.05. The summed E-state index contributed by atoms with van der Waals surface area (Å²) in [5, 5.41) is 12.7. The molecular weight excluding hydrogens is 260 g/mol. The molecule has 1 aliphatic rings. The molecule has 0 saturated carbocycles. The van der Waals surface area contributed by atoms with E-state index in [1.165, 1.54) is 44.2 Å². The average Bonchev–Trinajstić information content (AvgIpc) is 2.70. The van der Waals surface area contributed by atoms with Gasteiger partial charge in [-0.3, -0.25) is 0 Å². The molecule has 0 spiro atoms. The molecule has 21 heavy (non-hydrogen) atoms. The zero-order valence-electron chi connectivity index (χ0n) is 13.2. The Labute approximate surface area is 128 Å². The molecule has 1 N–H and O–H groups in total. The maximum Gasteiger partial charge on any atom is 0.0889 e. The molecule has 1 heterocycles. The number of hydrogen-bond donors (Lipinski definition) is 1. The van der Waals surface area contributed by atoms with Crippen molar-refractivity contribution in [3.05, 3.63) is 29.8 Å². The maximum atomic E-state index is 9.22. The summed E-state index contributed by atoms with van der Waals surface area (Å²) < 4.78 is 0. The van der Waals surface area contributed by atoms with Gasteiger partial charge < -0.3 is 10.1 Å². The topological polar surface area (TPSA) is 35.8 Å². The second kappa shape index (κ2) is 8.71. The molecule has 2 rings (SSSR count). The Morgan fingerprint density at radius 2 is 1.86 bits per heavy atom. The maximum absolute atomic E-state index is 9.22. The molecule has 0 bridgehead atoms. The number of nitrogens with zero attached hydrogens (tertiary/aromatic N) is 2. The van der Waals surface area contributed by atoms with Crippen LogP contribution in [0.3, 0.4) is 0 Å². The number of fused-ring (bicyclic) bond motifs is 1. The van der Waals surface area contributed by atoms with E-state index >= 15 is 0 Å². The second-order valence-corrected chi connectivity index (χ2v) is 5.92. The van der Waals surface area contributed by atoms with Crippen LogP contribution >= 0.6 is 0 Å². The largest absolute Gasteiger partial charge is 0.411 e. The molecule has 0 saturated heterocycles. The normalized spacial score (nSPS) is 16.8. The first-order chi connectivity index (χ1) is 10.4. The van der Waals surface area contributed by atoms with Crippen molar-refractivity contribution in [3.63, 3.8) is 0 Å². The fourth-order valence-electron chi connectivity index (χ4n) is 3.11. The van der Waals surface area contributed by atoms with Crippen LogP contribution in [0.5, 0.6) is 0 Å². The van der Waals surface area contributed by atoms with Crippen molar-refractivity contribution in [1.29, 1.82) is 0 Å². The van der Waals surface area contributed by atoms with Crippen molar-refractivity contribution in [2.75, 3.05) is 18.0 Å². The third kappa shape index (κ3) is 4.48. The Hall–Kier alpha value is -1.51. The van der Waals surface area contributed by atoms with E-state index in [9.17, 15) is 5.21 Å². The Kier molecular flexibility index (Phi) is 6.58. The van der Waals surface area contributed by atoms with E-state index in [0.29, 0.717) is 0 Å². The molecule has 1 aromatic rings. The van der Waals surface area contributed by atoms with Crippen LogP contribution in [0.4, 0.5) is 5.69 Å². The molecule has 0 radical (unpaired) electrons. The van der Waals surface area contributed by atoms with E-state index < -0.39 is 0 Å². The highest BCUT2D eigenvalue weighted by Crippen LogP contribution is 2.27. The van der Waals surface area contributed by atoms with Crippen molar-refractivity contribution in [3.8, 4) is 0 Å². The van der Waals surface area contributed by atoms with E-state index in [1.54, 1.807) is 0 Å². The van der Waals surface area contributed by atoms with Gasteiger partial charge in [-0.15, -0.1) is 0 Å². The van der Waals surface area contributed by atoms with Crippen molar-refractivity contribution in [1.82, 2.24) is 0 Å². The molecule has 0 aromatic heterocycles. The smallest absolute Gasteiger partial charge is 0.0889 e. The Bertz CT molecular complexity index is 456. The third-order valence-corrected chi connectivity index (χ3v) is 4.30. The molecule has 1 aromatic carbocycles. The van der Waals surface area contributed by atoms with Crippen LogP contribution in [-0.2, 0) is 0 Å². The molecule has 0 unspecified atom stereocenters. The van der Waals surface area contributed by atoms with Crippen molar-refractivity contribution >= 4 is 11.4 Å². The van der Waals surface area contributed by atoms with Crippen LogP contribution in [0.2, 0.25) is 0 Å². The lowest BCUT2D eigenvalue weighted by Gasteiger charge is -2.24. The predicted octanol–water partition coefficient (Wildman–Crippen LogP) is 4.83. The number of hydrogen-bond acceptors (Lipinski definition) is 3. The summed E-state index contributed by atoms with van der Waals surface area (Å²) in [5.41, 5.74) is 3.16. The number of benzene rings is 1. The Morgan fingerprint density at radius 1 is 1.10 bits per heavy atom. The molecule has 0 amide bonds. The highest BCUT2D eigenvalue weighted by Gasteiger charge is 2.19. The molecule has 0 aliphatic carbocycles. The average molecular weight is 288 g/mol. The second-order valence-electron chi connectivity index (χ2n) is 5.92. The van der Waals surface area contributed by atoms with E-state index in [2.05, 4.69) is 35.2 Å². The molecule has 3 heteroatoms. The zero-order chi connectivity index (χ0) is 14.9. The van der Waals surface area contributed by atoms with Gasteiger partial charge in [0.25, 0.3) is 0 Å². The van der Waals surface area contributed by atoms with Gasteiger partial charge in [0.1, 0.15) is 0 Å². The van der Waals surface area contributed by atoms with Gasteiger partial charge in [0.2, 0.25) is 0 Å². The van der Waals surface area contributed by atoms with E-state index in [4.69, 9.17) is 0 Å². The van der Waals surface area contributed by atoms with Gasteiger partial charge in [-0.2, -0.15) is 0 Å². The summed E-state index contributed by atoms with van der Waals surface area (Å²) in [6.45, 7) is 4.43. The quantitative estimate of drug-likeness (QED) is 0.443. The van der Waals surface area contributed by atoms with E-state index in [0.717, 1.165) is 37.2 Å². The molecular formula is C18H28N2O. The van der Waals surface area contributed by atoms with Crippen LogP contribution in [0.1, 0.15) is 63.9 Å². The van der Waals surface area contributed by atoms with Gasteiger partial charge in [-0.1, -0.05) is 62.4 Å². The summed E-state index contributed by atoms with van der Waals surface area (Å²) in [5.74, 6) is 0. The first-order valence-corrected chi connectivity index (χ1v) is 8.42. The van der Waals surface area contributed by atoms with E-state index in [-0.39, 0.29) is 0 Å². The van der Waals surface area contributed by atoms with Crippen molar-refractivity contribution in [2.24, 2.45) is 5.16 Å². The summed E-state index contributed by atoms with van der Waals surface area (Å²) in [6, 6.07) is 8.33. The van der Waals surface area contributed by atoms with Gasteiger partial charge >= 0.3 is 0 Å². The standard InChI is InChI=1S/C18H28N2O/c1-2-3-4-5-6-9-14-20-15-10-12-17(19-21)16-11-7-8-13-18(16)20/h7-8,11,13,21H,2-6,9-10,12,14-15H2,1H3/b19-17-. The lowest BCUT2D eigenvalue weighted by atomic mass is 10.1. The van der Waals surface area contributed by atoms with Crippen LogP contribution in [-0.4, -0.2) is 24.0 Å². The van der Waals surface area contributed by atoms with Gasteiger partial charge in [-0.05, 0) is 25.3 Å². The van der Waals surface area contributed by atoms with Gasteiger partial charge in [0, 0.05) is 24.3 Å². The van der Waals surface area contributed by atoms with Gasteiger partial charge in [0.05, 0.1) is 5.71 Å². The monoisotopic (exact) mass is 288 g/mol. The highest BCUT2D eigenvalue weighted by atomic mass is 16.4. The molecule has 116 valence electrons. The lowest BCUT2D eigenvalue weighted by molar-refractivity contribution is 0.318. The number of oxime groups is 1. The third-order valence-electron chi connectivity index (χ3n) is 4.30. The first-order valence-electron chi connectivity index (χ1n) is 8.42. The Morgan fingerprint density at radius 3 is 2.67 bits per heavy atom. The van der Waals surface area contributed by atoms with Crippen LogP contribution in [0, 0.1) is 0 Å². The fourth-order valence-corrected chi connectivity index (χ4v) is 3.11. The first kappa shape index (κ1) is 15.9. The predicted molar refractivity (Wildman–Crippen MR) is 89.6 cm³/mol. The summed E-state index contributed by atoms with van der Waals surface area (Å²) in [4.78, 5) is 2.47. The molecule has 3 nitrogen and oxygen atoms in total. The van der Waals surface area contributed by atoms with E-state index in [1.807, 2.05) is 6.07 Å². The molecule has 0 fully saturated rings. The molecule has 1 aliphatic heterocycles. The van der Waals surface area contributed by atoms with Crippen molar-refractivity contribution < 1.29 is 5.21 Å². The summed E-state index contributed by atoms with van der Waals surface area (Å²) >= 11 is 0. The number of rotatable bonds is 7. The number of unbranched alkanes of at least 4 members (excludes halogenated alkanes) is 5.